The van der Waals surface area contributed by atoms with Crippen LogP contribution in [0, 0.1) is 0 Å². The number of hydrogen-bond donors (Lipinski definition) is 1. The van der Waals surface area contributed by atoms with E-state index in [0.29, 0.717) is 32.2 Å². The minimum absolute atomic E-state index is 0.0188. The number of amides is 1. The maximum Gasteiger partial charge on any atom is 0.243 e. The van der Waals surface area contributed by atoms with Gasteiger partial charge in [-0.05, 0) is 18.9 Å². The second kappa shape index (κ2) is 12.9. The SMILES string of the molecule is C=C/C=C\C(=C)OCCOCCCCOCC(N)=O. The molecule has 1 amide bonds. The van der Waals surface area contributed by atoms with E-state index in [9.17, 15) is 4.79 Å². The van der Waals surface area contributed by atoms with Gasteiger partial charge in [0.2, 0.25) is 5.91 Å². The molecule has 0 spiro atoms. The highest BCUT2D eigenvalue weighted by Gasteiger charge is 1.95. The fourth-order valence-electron chi connectivity index (χ4n) is 1.14. The zero-order valence-electron chi connectivity index (χ0n) is 11.3. The standard InChI is InChI=1S/C14H23NO4/c1-3-4-7-13(2)19-11-10-17-8-5-6-9-18-12-14(15)16/h3-4,7H,1-2,5-6,8-12H2,(H2,15,16)/b7-4-. The van der Waals surface area contributed by atoms with E-state index in [4.69, 9.17) is 19.9 Å². The highest BCUT2D eigenvalue weighted by Crippen LogP contribution is 1.96. The van der Waals surface area contributed by atoms with Gasteiger partial charge in [-0.2, -0.15) is 0 Å². The summed E-state index contributed by atoms with van der Waals surface area (Å²) in [6, 6.07) is 0. The number of hydrogen-bond acceptors (Lipinski definition) is 4. The lowest BCUT2D eigenvalue weighted by Crippen LogP contribution is -2.18. The molecule has 108 valence electrons. The monoisotopic (exact) mass is 269 g/mol. The molecule has 0 unspecified atom stereocenters. The number of carbonyl (C=O) groups excluding carboxylic acids is 1. The van der Waals surface area contributed by atoms with Crippen molar-refractivity contribution in [3.05, 3.63) is 37.1 Å². The number of rotatable bonds is 13. The van der Waals surface area contributed by atoms with Crippen molar-refractivity contribution in [2.45, 2.75) is 12.8 Å². The smallest absolute Gasteiger partial charge is 0.243 e. The lowest BCUT2D eigenvalue weighted by molar-refractivity contribution is -0.122. The maximum absolute atomic E-state index is 10.4. The average molecular weight is 269 g/mol. The Kier molecular flexibility index (Phi) is 11.8. The Morgan fingerprint density at radius 1 is 1.11 bits per heavy atom. The molecule has 0 saturated carbocycles. The van der Waals surface area contributed by atoms with E-state index >= 15 is 0 Å². The van der Waals surface area contributed by atoms with Gasteiger partial charge >= 0.3 is 0 Å². The van der Waals surface area contributed by atoms with Crippen LogP contribution in [-0.2, 0) is 19.0 Å². The maximum atomic E-state index is 10.4. The number of primary amides is 1. The van der Waals surface area contributed by atoms with Crippen molar-refractivity contribution >= 4 is 5.91 Å². The first kappa shape index (κ1) is 17.4. The van der Waals surface area contributed by atoms with E-state index in [1.807, 2.05) is 0 Å². The fraction of sp³-hybridized carbons (Fsp3) is 0.500. The predicted molar refractivity (Wildman–Crippen MR) is 74.5 cm³/mol. The molecule has 19 heavy (non-hydrogen) atoms. The van der Waals surface area contributed by atoms with Gasteiger partial charge in [0, 0.05) is 13.2 Å². The summed E-state index contributed by atoms with van der Waals surface area (Å²) in [4.78, 5) is 10.4. The van der Waals surface area contributed by atoms with Gasteiger partial charge < -0.3 is 19.9 Å². The first-order valence-electron chi connectivity index (χ1n) is 6.21. The molecular formula is C14H23NO4. The van der Waals surface area contributed by atoms with E-state index < -0.39 is 5.91 Å². The number of allylic oxidation sites excluding steroid dienone is 3. The molecule has 0 bridgehead atoms. The van der Waals surface area contributed by atoms with Crippen LogP contribution in [0.1, 0.15) is 12.8 Å². The Bertz CT molecular complexity index is 300. The summed E-state index contributed by atoms with van der Waals surface area (Å²) in [5.74, 6) is 0.141. The number of carbonyl (C=O) groups is 1. The second-order valence-corrected chi connectivity index (χ2v) is 3.75. The van der Waals surface area contributed by atoms with Gasteiger partial charge in [-0.1, -0.05) is 25.3 Å². The third-order valence-corrected chi connectivity index (χ3v) is 2.00. The molecule has 0 rings (SSSR count). The Hall–Kier alpha value is -1.59. The van der Waals surface area contributed by atoms with Gasteiger partial charge in [0.25, 0.3) is 0 Å². The van der Waals surface area contributed by atoms with Crippen molar-refractivity contribution in [2.24, 2.45) is 5.73 Å². The topological polar surface area (TPSA) is 70.8 Å². The summed E-state index contributed by atoms with van der Waals surface area (Å²) in [7, 11) is 0. The third kappa shape index (κ3) is 14.3. The summed E-state index contributed by atoms with van der Waals surface area (Å²) < 4.78 is 15.7. The van der Waals surface area contributed by atoms with Crippen LogP contribution in [0.15, 0.2) is 37.1 Å². The lowest BCUT2D eigenvalue weighted by atomic mass is 10.3. The molecule has 0 aliphatic carbocycles. The molecule has 0 heterocycles. The van der Waals surface area contributed by atoms with Crippen molar-refractivity contribution in [1.82, 2.24) is 0 Å². The first-order valence-corrected chi connectivity index (χ1v) is 6.21. The average Bonchev–Trinajstić information content (AvgIpc) is 2.38. The minimum Gasteiger partial charge on any atom is -0.492 e. The van der Waals surface area contributed by atoms with Crippen molar-refractivity contribution in [2.75, 3.05) is 33.0 Å². The summed E-state index contributed by atoms with van der Waals surface area (Å²) in [6.45, 7) is 9.38. The summed E-state index contributed by atoms with van der Waals surface area (Å²) >= 11 is 0. The molecule has 0 aliphatic rings. The van der Waals surface area contributed by atoms with Crippen molar-refractivity contribution in [1.29, 1.82) is 0 Å². The molecule has 0 atom stereocenters. The van der Waals surface area contributed by atoms with Crippen molar-refractivity contribution in [3.8, 4) is 0 Å². The Morgan fingerprint density at radius 2 is 1.79 bits per heavy atom. The fourth-order valence-corrected chi connectivity index (χ4v) is 1.14. The zero-order chi connectivity index (χ0) is 14.3. The lowest BCUT2D eigenvalue weighted by Gasteiger charge is -2.07. The van der Waals surface area contributed by atoms with Crippen LogP contribution in [-0.4, -0.2) is 38.9 Å². The van der Waals surface area contributed by atoms with Crippen LogP contribution in [0.2, 0.25) is 0 Å². The molecule has 0 aliphatic heterocycles. The van der Waals surface area contributed by atoms with Crippen LogP contribution >= 0.6 is 0 Å². The van der Waals surface area contributed by atoms with Crippen LogP contribution in [0.25, 0.3) is 0 Å². The van der Waals surface area contributed by atoms with Crippen LogP contribution in [0.3, 0.4) is 0 Å². The van der Waals surface area contributed by atoms with E-state index in [2.05, 4.69) is 13.2 Å². The van der Waals surface area contributed by atoms with Crippen LogP contribution in [0.5, 0.6) is 0 Å². The van der Waals surface area contributed by atoms with Crippen LogP contribution in [0.4, 0.5) is 0 Å². The van der Waals surface area contributed by atoms with Gasteiger partial charge in [0.05, 0.1) is 6.61 Å². The van der Waals surface area contributed by atoms with Gasteiger partial charge in [-0.3, -0.25) is 4.79 Å². The Labute approximate surface area is 114 Å². The molecule has 0 aromatic rings. The summed E-state index contributed by atoms with van der Waals surface area (Å²) in [5.41, 5.74) is 4.92. The van der Waals surface area contributed by atoms with Gasteiger partial charge in [0.15, 0.2) is 0 Å². The van der Waals surface area contributed by atoms with E-state index in [-0.39, 0.29) is 6.61 Å². The molecule has 0 fully saturated rings. The molecule has 5 nitrogen and oxygen atoms in total. The molecule has 0 saturated heterocycles. The molecular weight excluding hydrogens is 246 g/mol. The molecule has 0 aromatic carbocycles. The highest BCUT2D eigenvalue weighted by molar-refractivity contribution is 5.74. The number of nitrogens with two attached hydrogens (primary N) is 1. The van der Waals surface area contributed by atoms with Gasteiger partial charge in [-0.15, -0.1) is 0 Å². The summed E-state index contributed by atoms with van der Waals surface area (Å²) in [5, 5.41) is 0. The van der Waals surface area contributed by atoms with E-state index in [1.165, 1.54) is 0 Å². The first-order chi connectivity index (χ1) is 9.16. The quantitative estimate of drug-likeness (QED) is 0.313. The molecule has 5 heteroatoms. The highest BCUT2D eigenvalue weighted by atomic mass is 16.5. The molecule has 0 radical (unpaired) electrons. The largest absolute Gasteiger partial charge is 0.492 e. The molecule has 0 aromatic heterocycles. The zero-order valence-corrected chi connectivity index (χ0v) is 11.3. The van der Waals surface area contributed by atoms with Gasteiger partial charge in [0.1, 0.15) is 19.0 Å². The Balaban J connectivity index is 3.18. The number of ether oxygens (including phenoxy) is 3. The van der Waals surface area contributed by atoms with Crippen molar-refractivity contribution in [3.63, 3.8) is 0 Å². The number of unbranched alkanes of at least 4 members (excludes halogenated alkanes) is 1. The van der Waals surface area contributed by atoms with Gasteiger partial charge in [-0.25, -0.2) is 0 Å². The third-order valence-electron chi connectivity index (χ3n) is 2.00. The predicted octanol–water partition coefficient (Wildman–Crippen LogP) is 1.56. The van der Waals surface area contributed by atoms with E-state index in [1.54, 1.807) is 18.2 Å². The summed E-state index contributed by atoms with van der Waals surface area (Å²) in [6.07, 6.45) is 6.86. The van der Waals surface area contributed by atoms with E-state index in [0.717, 1.165) is 12.8 Å². The van der Waals surface area contributed by atoms with Crippen molar-refractivity contribution < 1.29 is 19.0 Å². The normalized spacial score (nSPS) is 10.5. The Morgan fingerprint density at radius 3 is 2.42 bits per heavy atom. The molecule has 2 N–H and O–H groups in total. The second-order valence-electron chi connectivity index (χ2n) is 3.75. The van der Waals surface area contributed by atoms with Crippen LogP contribution < -0.4 is 5.73 Å². The minimum atomic E-state index is -0.445.